The highest BCUT2D eigenvalue weighted by Crippen LogP contribution is 2.28. The van der Waals surface area contributed by atoms with Crippen LogP contribution in [-0.4, -0.2) is 38.4 Å². The van der Waals surface area contributed by atoms with E-state index in [4.69, 9.17) is 4.42 Å². The minimum Gasteiger partial charge on any atom is -0.444 e. The molecule has 6 nitrogen and oxygen atoms in total. The first-order chi connectivity index (χ1) is 12.6. The van der Waals surface area contributed by atoms with Gasteiger partial charge in [-0.2, -0.15) is 0 Å². The number of likely N-dealkylation sites (tertiary alicyclic amines) is 1. The number of nitrogens with zero attached hydrogens (tertiary/aromatic N) is 4. The molecule has 0 bridgehead atoms. The lowest BCUT2D eigenvalue weighted by atomic mass is 9.95. The number of halogens is 1. The summed E-state index contributed by atoms with van der Waals surface area (Å²) >= 11 is 4.91. The third-order valence-electron chi connectivity index (χ3n) is 4.68. The van der Waals surface area contributed by atoms with Crippen LogP contribution < -0.4 is 0 Å². The summed E-state index contributed by atoms with van der Waals surface area (Å²) in [6.45, 7) is 4.20. The van der Waals surface area contributed by atoms with E-state index in [1.54, 1.807) is 23.5 Å². The molecule has 8 heteroatoms. The molecular formula is C18H19BrN4O2S. The highest BCUT2D eigenvalue weighted by atomic mass is 79.9. The molecule has 0 spiro atoms. The van der Waals surface area contributed by atoms with Crippen molar-refractivity contribution >= 4 is 33.2 Å². The van der Waals surface area contributed by atoms with Crippen molar-refractivity contribution in [3.05, 3.63) is 56.9 Å². The van der Waals surface area contributed by atoms with E-state index in [9.17, 15) is 4.79 Å². The molecule has 1 amide bonds. The Morgan fingerprint density at radius 3 is 2.85 bits per heavy atom. The maximum absolute atomic E-state index is 12.5. The lowest BCUT2D eigenvalue weighted by molar-refractivity contribution is 0.0677. The Morgan fingerprint density at radius 2 is 2.19 bits per heavy atom. The van der Waals surface area contributed by atoms with Crippen molar-refractivity contribution in [2.24, 2.45) is 0 Å². The molecule has 1 aliphatic heterocycles. The standard InChI is InChI=1S/C18H19BrN4O2S/c1-12-21-14(11-26-12)10-23-9-6-20-17(23)13-4-7-22(8-5-13)18(24)15-2-3-16(19)25-15/h2-3,6,9,11,13H,4-5,7-8,10H2,1H3. The average Bonchev–Trinajstić information content (AvgIpc) is 3.37. The van der Waals surface area contributed by atoms with Crippen molar-refractivity contribution in [1.82, 2.24) is 19.4 Å². The summed E-state index contributed by atoms with van der Waals surface area (Å²) in [7, 11) is 0. The van der Waals surface area contributed by atoms with Crippen LogP contribution in [0.15, 0.2) is 39.0 Å². The van der Waals surface area contributed by atoms with Crippen LogP contribution in [0.1, 0.15) is 45.8 Å². The van der Waals surface area contributed by atoms with E-state index >= 15 is 0 Å². The summed E-state index contributed by atoms with van der Waals surface area (Å²) in [4.78, 5) is 23.5. The Bertz CT molecular complexity index is 908. The van der Waals surface area contributed by atoms with E-state index in [0.29, 0.717) is 29.4 Å². The van der Waals surface area contributed by atoms with Crippen LogP contribution >= 0.6 is 27.3 Å². The summed E-state index contributed by atoms with van der Waals surface area (Å²) in [5, 5.41) is 3.18. The normalized spacial score (nSPS) is 15.5. The number of imidazole rings is 1. The Hall–Kier alpha value is -1.93. The molecular weight excluding hydrogens is 416 g/mol. The predicted octanol–water partition coefficient (Wildman–Crippen LogP) is 4.07. The molecule has 1 aliphatic rings. The van der Waals surface area contributed by atoms with Crippen LogP contribution in [0.5, 0.6) is 0 Å². The second kappa shape index (κ2) is 7.36. The molecule has 3 aromatic heterocycles. The second-order valence-corrected chi connectivity index (χ2v) is 8.29. The number of aromatic nitrogens is 3. The third kappa shape index (κ3) is 3.61. The minimum absolute atomic E-state index is 0.0459. The van der Waals surface area contributed by atoms with Crippen LogP contribution in [-0.2, 0) is 6.54 Å². The maximum Gasteiger partial charge on any atom is 0.289 e. The lowest BCUT2D eigenvalue weighted by Crippen LogP contribution is -2.38. The van der Waals surface area contributed by atoms with Gasteiger partial charge in [0.05, 0.1) is 17.2 Å². The average molecular weight is 435 g/mol. The largest absolute Gasteiger partial charge is 0.444 e. The van der Waals surface area contributed by atoms with Crippen molar-refractivity contribution in [3.8, 4) is 0 Å². The quantitative estimate of drug-likeness (QED) is 0.620. The number of amides is 1. The Labute approximate surface area is 164 Å². The summed E-state index contributed by atoms with van der Waals surface area (Å²) < 4.78 is 8.15. The molecule has 1 fully saturated rings. The molecule has 3 aromatic rings. The van der Waals surface area contributed by atoms with E-state index in [2.05, 4.69) is 35.8 Å². The minimum atomic E-state index is -0.0459. The van der Waals surface area contributed by atoms with Crippen molar-refractivity contribution < 1.29 is 9.21 Å². The van der Waals surface area contributed by atoms with Gasteiger partial charge in [0.2, 0.25) is 0 Å². The molecule has 0 aliphatic carbocycles. The fourth-order valence-electron chi connectivity index (χ4n) is 3.40. The van der Waals surface area contributed by atoms with Crippen LogP contribution in [0.3, 0.4) is 0 Å². The van der Waals surface area contributed by atoms with Gasteiger partial charge in [-0.1, -0.05) is 0 Å². The smallest absolute Gasteiger partial charge is 0.289 e. The summed E-state index contributed by atoms with van der Waals surface area (Å²) in [6, 6.07) is 3.46. The SMILES string of the molecule is Cc1nc(Cn2ccnc2C2CCN(C(=O)c3ccc(Br)o3)CC2)cs1. The molecule has 4 heterocycles. The number of thiazole rings is 1. The van der Waals surface area contributed by atoms with E-state index < -0.39 is 0 Å². The Morgan fingerprint density at radius 1 is 1.38 bits per heavy atom. The van der Waals surface area contributed by atoms with Gasteiger partial charge < -0.3 is 13.9 Å². The number of hydrogen-bond acceptors (Lipinski definition) is 5. The highest BCUT2D eigenvalue weighted by molar-refractivity contribution is 9.10. The zero-order valence-corrected chi connectivity index (χ0v) is 16.8. The van der Waals surface area contributed by atoms with Gasteiger partial charge >= 0.3 is 0 Å². The molecule has 0 N–H and O–H groups in total. The number of piperidine rings is 1. The van der Waals surface area contributed by atoms with Gasteiger partial charge in [0.25, 0.3) is 5.91 Å². The van der Waals surface area contributed by atoms with Gasteiger partial charge in [-0.15, -0.1) is 11.3 Å². The van der Waals surface area contributed by atoms with Crippen molar-refractivity contribution in [2.45, 2.75) is 32.2 Å². The topological polar surface area (TPSA) is 64.2 Å². The molecule has 0 atom stereocenters. The number of rotatable bonds is 4. The van der Waals surface area contributed by atoms with E-state index in [1.807, 2.05) is 24.2 Å². The van der Waals surface area contributed by atoms with Crippen molar-refractivity contribution in [1.29, 1.82) is 0 Å². The predicted molar refractivity (Wildman–Crippen MR) is 102 cm³/mol. The number of furan rings is 1. The Balaban J connectivity index is 1.41. The first-order valence-electron chi connectivity index (χ1n) is 8.57. The van der Waals surface area contributed by atoms with E-state index in [-0.39, 0.29) is 5.91 Å². The Kier molecular flexibility index (Phi) is 4.95. The molecule has 4 rings (SSSR count). The molecule has 1 saturated heterocycles. The fourth-order valence-corrected chi connectivity index (χ4v) is 4.31. The zero-order chi connectivity index (χ0) is 18.1. The number of carbonyl (C=O) groups is 1. The van der Waals surface area contributed by atoms with Crippen LogP contribution in [0, 0.1) is 6.92 Å². The van der Waals surface area contributed by atoms with Crippen LogP contribution in [0.2, 0.25) is 0 Å². The van der Waals surface area contributed by atoms with Crippen LogP contribution in [0.25, 0.3) is 0 Å². The number of aryl methyl sites for hydroxylation is 1. The van der Waals surface area contributed by atoms with Gasteiger partial charge in [0.15, 0.2) is 10.4 Å². The van der Waals surface area contributed by atoms with Crippen molar-refractivity contribution in [2.75, 3.05) is 13.1 Å². The third-order valence-corrected chi connectivity index (χ3v) is 5.93. The lowest BCUT2D eigenvalue weighted by Gasteiger charge is -2.31. The maximum atomic E-state index is 12.5. The van der Waals surface area contributed by atoms with E-state index in [1.165, 1.54) is 0 Å². The highest BCUT2D eigenvalue weighted by Gasteiger charge is 2.28. The number of carbonyl (C=O) groups excluding carboxylic acids is 1. The van der Waals surface area contributed by atoms with Crippen molar-refractivity contribution in [3.63, 3.8) is 0 Å². The summed E-state index contributed by atoms with van der Waals surface area (Å²) in [5.41, 5.74) is 1.07. The molecule has 26 heavy (non-hydrogen) atoms. The summed E-state index contributed by atoms with van der Waals surface area (Å²) in [6.07, 6.45) is 5.68. The van der Waals surface area contributed by atoms with Crippen LogP contribution in [0.4, 0.5) is 0 Å². The van der Waals surface area contributed by atoms with Gasteiger partial charge in [-0.25, -0.2) is 9.97 Å². The monoisotopic (exact) mass is 434 g/mol. The molecule has 0 unspecified atom stereocenters. The molecule has 0 aromatic carbocycles. The fraction of sp³-hybridized carbons (Fsp3) is 0.389. The second-order valence-electron chi connectivity index (χ2n) is 6.44. The zero-order valence-electron chi connectivity index (χ0n) is 14.4. The number of hydrogen-bond donors (Lipinski definition) is 0. The van der Waals surface area contributed by atoms with E-state index in [0.717, 1.165) is 35.9 Å². The van der Waals surface area contributed by atoms with Gasteiger partial charge in [-0.3, -0.25) is 4.79 Å². The van der Waals surface area contributed by atoms with Gasteiger partial charge in [0.1, 0.15) is 5.82 Å². The molecule has 0 saturated carbocycles. The van der Waals surface area contributed by atoms with Gasteiger partial charge in [0, 0.05) is 36.8 Å². The first-order valence-corrected chi connectivity index (χ1v) is 10.2. The van der Waals surface area contributed by atoms with Gasteiger partial charge in [-0.05, 0) is 47.8 Å². The first kappa shape index (κ1) is 17.5. The molecule has 0 radical (unpaired) electrons. The summed E-state index contributed by atoms with van der Waals surface area (Å²) in [5.74, 6) is 1.78. The molecule has 136 valence electrons.